The first-order valence-electron chi connectivity index (χ1n) is 10.8. The Kier molecular flexibility index (Phi) is 4.97. The van der Waals surface area contributed by atoms with E-state index >= 15 is 0 Å². The second-order valence-corrected chi connectivity index (χ2v) is 10.5. The number of nitrogens with zero attached hydrogens (tertiary/aromatic N) is 3. The number of amides is 1. The second kappa shape index (κ2) is 7.48. The van der Waals surface area contributed by atoms with Gasteiger partial charge in [-0.15, -0.1) is 0 Å². The summed E-state index contributed by atoms with van der Waals surface area (Å²) >= 11 is 0. The maximum atomic E-state index is 15.0. The first-order valence-corrected chi connectivity index (χ1v) is 12.0. The van der Waals surface area contributed by atoms with Crippen molar-refractivity contribution in [3.05, 3.63) is 51.4 Å². The van der Waals surface area contributed by atoms with E-state index < -0.39 is 34.1 Å². The highest BCUT2D eigenvalue weighted by Crippen LogP contribution is 2.36. The molecule has 1 amide bonds. The molecule has 2 aliphatic carbocycles. The van der Waals surface area contributed by atoms with Crippen molar-refractivity contribution in [1.29, 1.82) is 0 Å². The first kappa shape index (κ1) is 21.3. The van der Waals surface area contributed by atoms with Crippen molar-refractivity contribution >= 4 is 27.8 Å². The summed E-state index contributed by atoms with van der Waals surface area (Å²) in [5, 5.41) is 0.159. The van der Waals surface area contributed by atoms with Gasteiger partial charge in [0.25, 0.3) is 5.56 Å². The Morgan fingerprint density at radius 2 is 2.00 bits per heavy atom. The van der Waals surface area contributed by atoms with E-state index in [4.69, 9.17) is 0 Å². The molecule has 1 N–H and O–H groups in total. The Morgan fingerprint density at radius 1 is 1.31 bits per heavy atom. The molecule has 0 radical (unpaired) electrons. The molecule has 1 unspecified atom stereocenters. The molecule has 32 heavy (non-hydrogen) atoms. The maximum absolute atomic E-state index is 15.0. The Morgan fingerprint density at radius 3 is 2.59 bits per heavy atom. The quantitative estimate of drug-likeness (QED) is 0.633. The summed E-state index contributed by atoms with van der Waals surface area (Å²) in [6.07, 6.45) is 4.85. The predicted octanol–water partition coefficient (Wildman–Crippen LogP) is 1.45. The zero-order valence-electron chi connectivity index (χ0n) is 17.8. The minimum Gasteiger partial charge on any atom is -0.335 e. The largest absolute Gasteiger partial charge is 0.335 e. The molecule has 5 rings (SSSR count). The fraction of sp³-hybridized carbons (Fsp3) is 0.500. The molecule has 2 heterocycles. The summed E-state index contributed by atoms with van der Waals surface area (Å²) in [5.74, 6) is -0.650. The molecule has 1 atom stereocenters. The Bertz CT molecular complexity index is 1290. The average molecular weight is 461 g/mol. The van der Waals surface area contributed by atoms with Crippen LogP contribution in [0.15, 0.2) is 39.3 Å². The summed E-state index contributed by atoms with van der Waals surface area (Å²) in [7, 11) is -1.82. The number of nitrogens with one attached hydrogen (secondary N) is 1. The summed E-state index contributed by atoms with van der Waals surface area (Å²) in [6, 6.07) is 2.01. The Balaban J connectivity index is 1.62. The number of carbonyl (C=O) groups excluding carboxylic acids is 1. The van der Waals surface area contributed by atoms with Gasteiger partial charge in [0.15, 0.2) is 0 Å². The van der Waals surface area contributed by atoms with Crippen molar-refractivity contribution in [2.45, 2.75) is 55.6 Å². The van der Waals surface area contributed by atoms with E-state index in [0.717, 1.165) is 36.3 Å². The van der Waals surface area contributed by atoms with Crippen molar-refractivity contribution in [3.8, 4) is 0 Å². The normalized spacial score (nSPS) is 20.8. The Hall–Kier alpha value is -2.59. The number of likely N-dealkylation sites (tertiary alicyclic amines) is 1. The van der Waals surface area contributed by atoms with E-state index in [-0.39, 0.29) is 40.3 Å². The van der Waals surface area contributed by atoms with Crippen LogP contribution in [0.4, 0.5) is 4.39 Å². The van der Waals surface area contributed by atoms with Gasteiger partial charge in [-0.05, 0) is 56.7 Å². The van der Waals surface area contributed by atoms with Gasteiger partial charge < -0.3 is 4.90 Å². The standard InChI is InChI=1S/C22H25FN4O4S/c1-3-19(28)25-11-14(12-25)27-20(29)15-8-18(32(31)24-22(2)6-7-22)16(23)9-17(15)26(21(27)30)10-13-4-5-13/h3,8-9,13-14,24H,1,4-7,10-12H2,2H3. The van der Waals surface area contributed by atoms with E-state index in [1.165, 1.54) is 21.6 Å². The van der Waals surface area contributed by atoms with Crippen LogP contribution in [0.25, 0.3) is 10.9 Å². The highest BCUT2D eigenvalue weighted by molar-refractivity contribution is 7.83. The number of rotatable bonds is 7. The van der Waals surface area contributed by atoms with Crippen LogP contribution in [0.1, 0.15) is 38.6 Å². The number of hydrogen-bond acceptors (Lipinski definition) is 4. The molecule has 1 saturated heterocycles. The van der Waals surface area contributed by atoms with Crippen LogP contribution in [0.3, 0.4) is 0 Å². The molecule has 3 aliphatic rings. The summed E-state index contributed by atoms with van der Waals surface area (Å²) < 4.78 is 33.3. The van der Waals surface area contributed by atoms with E-state index in [2.05, 4.69) is 11.3 Å². The van der Waals surface area contributed by atoms with Gasteiger partial charge in [-0.3, -0.25) is 18.7 Å². The van der Waals surface area contributed by atoms with Crippen molar-refractivity contribution in [3.63, 3.8) is 0 Å². The molecule has 1 aliphatic heterocycles. The van der Waals surface area contributed by atoms with Gasteiger partial charge >= 0.3 is 5.69 Å². The van der Waals surface area contributed by atoms with Crippen molar-refractivity contribution in [2.75, 3.05) is 13.1 Å². The lowest BCUT2D eigenvalue weighted by Crippen LogP contribution is -2.56. The fourth-order valence-corrected chi connectivity index (χ4v) is 5.30. The molecule has 0 spiro atoms. The molecule has 0 bridgehead atoms. The third-order valence-electron chi connectivity index (χ3n) is 6.62. The van der Waals surface area contributed by atoms with E-state index in [1.54, 1.807) is 0 Å². The van der Waals surface area contributed by atoms with Crippen LogP contribution < -0.4 is 16.0 Å². The number of fused-ring (bicyclic) bond motifs is 1. The van der Waals surface area contributed by atoms with Gasteiger partial charge in [-0.25, -0.2) is 18.1 Å². The highest BCUT2D eigenvalue weighted by atomic mass is 32.2. The monoisotopic (exact) mass is 460 g/mol. The van der Waals surface area contributed by atoms with E-state index in [0.29, 0.717) is 12.5 Å². The number of benzene rings is 1. The van der Waals surface area contributed by atoms with Gasteiger partial charge in [-0.1, -0.05) is 6.58 Å². The zero-order chi connectivity index (χ0) is 22.8. The molecular weight excluding hydrogens is 435 g/mol. The SMILES string of the molecule is C=CC(=O)N1CC(n2c(=O)c3cc(S(=O)NC4(C)CC4)c(F)cc3n(CC3CC3)c2=O)C1. The third-order valence-corrected chi connectivity index (χ3v) is 8.01. The molecule has 3 fully saturated rings. The van der Waals surface area contributed by atoms with E-state index in [1.807, 2.05) is 6.92 Å². The molecule has 170 valence electrons. The number of aromatic nitrogens is 2. The van der Waals surface area contributed by atoms with Crippen molar-refractivity contribution < 1.29 is 13.4 Å². The molecule has 2 saturated carbocycles. The zero-order valence-corrected chi connectivity index (χ0v) is 18.6. The third kappa shape index (κ3) is 3.65. The smallest absolute Gasteiger partial charge is 0.331 e. The lowest BCUT2D eigenvalue weighted by Gasteiger charge is -2.39. The van der Waals surface area contributed by atoms with Crippen LogP contribution in [0, 0.1) is 11.7 Å². The van der Waals surface area contributed by atoms with Crippen molar-refractivity contribution in [2.24, 2.45) is 5.92 Å². The Labute approximate surface area is 186 Å². The van der Waals surface area contributed by atoms with Crippen LogP contribution in [-0.4, -0.2) is 42.8 Å². The maximum Gasteiger partial charge on any atom is 0.331 e. The lowest BCUT2D eigenvalue weighted by atomic mass is 10.1. The highest BCUT2D eigenvalue weighted by Gasteiger charge is 2.39. The lowest BCUT2D eigenvalue weighted by molar-refractivity contribution is -0.131. The van der Waals surface area contributed by atoms with Crippen LogP contribution >= 0.6 is 0 Å². The molecule has 1 aromatic heterocycles. The molecule has 10 heteroatoms. The van der Waals surface area contributed by atoms with Gasteiger partial charge in [0, 0.05) is 25.2 Å². The number of halogens is 1. The molecule has 1 aromatic carbocycles. The first-order chi connectivity index (χ1) is 15.2. The molecule has 8 nitrogen and oxygen atoms in total. The summed E-state index contributed by atoms with van der Waals surface area (Å²) in [6.45, 7) is 6.23. The minimum absolute atomic E-state index is 0.0945. The molecular formula is C22H25FN4O4S. The van der Waals surface area contributed by atoms with Crippen LogP contribution in [0.2, 0.25) is 0 Å². The average Bonchev–Trinajstić information content (AvgIpc) is 3.64. The second-order valence-electron chi connectivity index (χ2n) is 9.34. The van der Waals surface area contributed by atoms with Gasteiger partial charge in [0.2, 0.25) is 5.91 Å². The summed E-state index contributed by atoms with van der Waals surface area (Å²) in [5.41, 5.74) is -1.12. The van der Waals surface area contributed by atoms with Crippen LogP contribution in [0.5, 0.6) is 0 Å². The number of carbonyl (C=O) groups is 1. The van der Waals surface area contributed by atoms with Crippen LogP contribution in [-0.2, 0) is 22.3 Å². The molecule has 2 aromatic rings. The van der Waals surface area contributed by atoms with Crippen molar-refractivity contribution in [1.82, 2.24) is 18.8 Å². The predicted molar refractivity (Wildman–Crippen MR) is 118 cm³/mol. The van der Waals surface area contributed by atoms with Gasteiger partial charge in [0.1, 0.15) is 16.8 Å². The minimum atomic E-state index is -1.82. The fourth-order valence-electron chi connectivity index (χ4n) is 4.08. The number of hydrogen-bond donors (Lipinski definition) is 1. The van der Waals surface area contributed by atoms with Gasteiger partial charge in [-0.2, -0.15) is 0 Å². The summed E-state index contributed by atoms with van der Waals surface area (Å²) in [4.78, 5) is 39.8. The van der Waals surface area contributed by atoms with E-state index in [9.17, 15) is 23.0 Å². The van der Waals surface area contributed by atoms with Gasteiger partial charge in [0.05, 0.1) is 21.8 Å². The topological polar surface area (TPSA) is 93.4 Å².